The van der Waals surface area contributed by atoms with E-state index in [1.807, 2.05) is 30.3 Å². The first-order valence-electron chi connectivity index (χ1n) is 11.3. The molecule has 0 spiro atoms. The van der Waals surface area contributed by atoms with E-state index in [4.69, 9.17) is 54.2 Å². The third-order valence-corrected chi connectivity index (χ3v) is 4.46. The predicted molar refractivity (Wildman–Crippen MR) is 137 cm³/mol. The van der Waals surface area contributed by atoms with E-state index in [9.17, 15) is 19.2 Å². The van der Waals surface area contributed by atoms with Gasteiger partial charge in [-0.05, 0) is 44.2 Å². The van der Waals surface area contributed by atoms with Gasteiger partial charge in [-0.3, -0.25) is 19.2 Å². The Hall–Kier alpha value is -3.14. The summed E-state index contributed by atoms with van der Waals surface area (Å²) in [6, 6.07) is 5.93. The van der Waals surface area contributed by atoms with Crippen LogP contribution in [0.15, 0.2) is 30.3 Å². The molecule has 14 nitrogen and oxygen atoms in total. The lowest BCUT2D eigenvalue weighted by Gasteiger charge is -2.07. The Labute approximate surface area is 216 Å². The minimum atomic E-state index is -1.18. The summed E-state index contributed by atoms with van der Waals surface area (Å²) < 4.78 is 0. The van der Waals surface area contributed by atoms with E-state index in [1.54, 1.807) is 13.8 Å². The molecule has 0 aliphatic carbocycles. The van der Waals surface area contributed by atoms with Crippen molar-refractivity contribution >= 4 is 23.9 Å². The van der Waals surface area contributed by atoms with Crippen LogP contribution in [0, 0.1) is 5.92 Å². The molecule has 1 aromatic rings. The Morgan fingerprint density at radius 1 is 0.730 bits per heavy atom. The molecule has 0 fully saturated rings. The van der Waals surface area contributed by atoms with Gasteiger partial charge in [-0.1, -0.05) is 44.2 Å². The smallest absolute Gasteiger partial charge is 0.323 e. The fraction of sp³-hybridized carbons (Fsp3) is 0.565. The predicted octanol–water partition coefficient (Wildman–Crippen LogP) is -1.39. The average Bonchev–Trinajstić information content (AvgIpc) is 2.82. The summed E-state index contributed by atoms with van der Waals surface area (Å²) in [7, 11) is 0. The molecule has 214 valence electrons. The van der Waals surface area contributed by atoms with Gasteiger partial charge < -0.3 is 54.2 Å². The van der Waals surface area contributed by atoms with E-state index >= 15 is 0 Å². The van der Waals surface area contributed by atoms with Crippen LogP contribution in [0.4, 0.5) is 0 Å². The number of hydrogen-bond acceptors (Lipinski definition) is 10. The lowest BCUT2D eigenvalue weighted by atomic mass is 10.1. The van der Waals surface area contributed by atoms with Crippen LogP contribution < -0.4 is 28.7 Å². The molecule has 0 amide bonds. The summed E-state index contributed by atoms with van der Waals surface area (Å²) >= 11 is 0. The topological polar surface area (TPSA) is 300 Å². The lowest BCUT2D eigenvalue weighted by molar-refractivity contribution is -0.141. The monoisotopic (exact) mass is 533 g/mol. The van der Waals surface area contributed by atoms with Crippen LogP contribution in [0.3, 0.4) is 0 Å². The fourth-order valence-electron chi connectivity index (χ4n) is 1.91. The molecule has 0 aliphatic heterocycles. The molecule has 0 aliphatic rings. The summed E-state index contributed by atoms with van der Waals surface area (Å²) in [5.41, 5.74) is 26.6. The molecule has 0 radical (unpaired) electrons. The van der Waals surface area contributed by atoms with Crippen LogP contribution in [0.1, 0.15) is 39.2 Å². The first-order chi connectivity index (χ1) is 17.0. The first kappa shape index (κ1) is 38.4. The third-order valence-electron chi connectivity index (χ3n) is 4.46. The number of aliphatic hydroxyl groups excluding tert-OH is 1. The van der Waals surface area contributed by atoms with Gasteiger partial charge in [0.1, 0.15) is 24.2 Å². The summed E-state index contributed by atoms with van der Waals surface area (Å²) in [5, 5.41) is 41.5. The number of hydrogen-bond donors (Lipinski definition) is 10. The summed E-state index contributed by atoms with van der Waals surface area (Å²) in [6.45, 7) is 5.39. The molecule has 37 heavy (non-hydrogen) atoms. The Kier molecular flexibility index (Phi) is 22.9. The molecule has 5 atom stereocenters. The zero-order valence-electron chi connectivity index (χ0n) is 21.4. The lowest BCUT2D eigenvalue weighted by Crippen LogP contribution is -2.39. The number of aliphatic hydroxyl groups is 1. The Bertz CT molecular complexity index is 755. The van der Waals surface area contributed by atoms with Crippen LogP contribution >= 0.6 is 0 Å². The summed E-state index contributed by atoms with van der Waals surface area (Å²) in [6.07, 6.45) is 0.544. The van der Waals surface area contributed by atoms with Gasteiger partial charge in [0, 0.05) is 0 Å². The van der Waals surface area contributed by atoms with E-state index in [0.717, 1.165) is 5.56 Å². The highest BCUT2D eigenvalue weighted by Crippen LogP contribution is 2.01. The Balaban J connectivity index is -0.000000424. The number of rotatable bonds is 11. The van der Waals surface area contributed by atoms with Crippen molar-refractivity contribution in [2.24, 2.45) is 34.6 Å². The van der Waals surface area contributed by atoms with Gasteiger partial charge in [-0.25, -0.2) is 0 Å². The molecule has 0 bridgehead atoms. The standard InChI is InChI=1S/C9H11NO2.C5H12N2O2.C5H11NO2.C4H9NO3/c10-8(9(11)12)6-7-4-2-1-3-5-7;6-3-1-2-4(7)5(8)9;1-3(2)4(6)5(7)8;1-2(6)3(5)4(7)8/h1-5,8H,6,10H2,(H,11,12);4H,1-3,6-7H2,(H,8,9);3-4H,6H2,1-2H3,(H,7,8);2-3,6H,5H2,1H3,(H,7,8)/t8-;2*4-;2-,3+/m0001/s1. The van der Waals surface area contributed by atoms with Gasteiger partial charge in [0.25, 0.3) is 0 Å². The van der Waals surface area contributed by atoms with Gasteiger partial charge >= 0.3 is 23.9 Å². The number of nitrogens with two attached hydrogens (primary N) is 5. The van der Waals surface area contributed by atoms with Crippen LogP contribution in [0.5, 0.6) is 0 Å². The van der Waals surface area contributed by atoms with Crippen molar-refractivity contribution in [3.63, 3.8) is 0 Å². The molecule has 0 aromatic heterocycles. The zero-order valence-corrected chi connectivity index (χ0v) is 21.4. The van der Waals surface area contributed by atoms with Gasteiger partial charge in [-0.15, -0.1) is 0 Å². The molecule has 0 unspecified atom stereocenters. The second kappa shape index (κ2) is 22.1. The summed E-state index contributed by atoms with van der Waals surface area (Å²) in [5.74, 6) is -4.00. The maximum Gasteiger partial charge on any atom is 0.323 e. The number of carbonyl (C=O) groups is 4. The van der Waals surface area contributed by atoms with Crippen molar-refractivity contribution in [3.8, 4) is 0 Å². The maximum absolute atomic E-state index is 10.4. The van der Waals surface area contributed by atoms with Crippen molar-refractivity contribution in [2.45, 2.75) is 70.3 Å². The van der Waals surface area contributed by atoms with E-state index in [1.165, 1.54) is 6.92 Å². The highest BCUT2D eigenvalue weighted by atomic mass is 16.4. The van der Waals surface area contributed by atoms with Gasteiger partial charge in [0.15, 0.2) is 0 Å². The highest BCUT2D eigenvalue weighted by Gasteiger charge is 2.16. The van der Waals surface area contributed by atoms with E-state index in [-0.39, 0.29) is 5.92 Å². The summed E-state index contributed by atoms with van der Waals surface area (Å²) in [4.78, 5) is 40.3. The van der Waals surface area contributed by atoms with E-state index in [2.05, 4.69) is 0 Å². The van der Waals surface area contributed by atoms with Gasteiger partial charge in [0.2, 0.25) is 0 Å². The minimum Gasteiger partial charge on any atom is -0.480 e. The number of aliphatic carboxylic acids is 4. The largest absolute Gasteiger partial charge is 0.480 e. The van der Waals surface area contributed by atoms with Crippen molar-refractivity contribution in [3.05, 3.63) is 35.9 Å². The zero-order chi connectivity index (χ0) is 29.7. The maximum atomic E-state index is 10.4. The molecule has 0 saturated carbocycles. The van der Waals surface area contributed by atoms with Gasteiger partial charge in [-0.2, -0.15) is 0 Å². The molecule has 0 heterocycles. The van der Waals surface area contributed by atoms with Gasteiger partial charge in [0.05, 0.1) is 6.10 Å². The average molecular weight is 534 g/mol. The fourth-order valence-corrected chi connectivity index (χ4v) is 1.91. The second-order valence-corrected chi connectivity index (χ2v) is 8.22. The van der Waals surface area contributed by atoms with E-state index < -0.39 is 54.1 Å². The first-order valence-corrected chi connectivity index (χ1v) is 11.3. The number of carboxylic acids is 4. The van der Waals surface area contributed by atoms with Crippen LogP contribution in [0.2, 0.25) is 0 Å². The second-order valence-electron chi connectivity index (χ2n) is 8.22. The highest BCUT2D eigenvalue weighted by molar-refractivity contribution is 5.74. The molecular weight excluding hydrogens is 490 g/mol. The van der Waals surface area contributed by atoms with Crippen LogP contribution in [-0.2, 0) is 25.6 Å². The molecule has 1 rings (SSSR count). The third kappa shape index (κ3) is 23.0. The van der Waals surface area contributed by atoms with E-state index in [0.29, 0.717) is 25.8 Å². The minimum absolute atomic E-state index is 0.0208. The molecule has 14 heteroatoms. The molecule has 15 N–H and O–H groups in total. The normalized spacial score (nSPS) is 14.0. The Morgan fingerprint density at radius 3 is 1.41 bits per heavy atom. The van der Waals surface area contributed by atoms with Crippen LogP contribution in [-0.4, -0.2) is 86.2 Å². The van der Waals surface area contributed by atoms with Crippen molar-refractivity contribution in [2.75, 3.05) is 6.54 Å². The quantitative estimate of drug-likeness (QED) is 0.157. The molecule has 0 saturated heterocycles. The molecule has 1 aromatic carbocycles. The van der Waals surface area contributed by atoms with Crippen molar-refractivity contribution in [1.29, 1.82) is 0 Å². The Morgan fingerprint density at radius 2 is 1.16 bits per heavy atom. The SMILES string of the molecule is CC(C)[C@H](N)C(=O)O.C[C@@H](O)[C@H](N)C(=O)O.NCCC[C@H](N)C(=O)O.N[C@@H](Cc1ccccc1)C(=O)O. The van der Waals surface area contributed by atoms with Crippen molar-refractivity contribution < 1.29 is 44.7 Å². The van der Waals surface area contributed by atoms with Crippen molar-refractivity contribution in [1.82, 2.24) is 0 Å². The molecular formula is C23H43N5O9. The number of carboxylic acid groups (broad SMARTS) is 4. The van der Waals surface area contributed by atoms with Crippen LogP contribution in [0.25, 0.3) is 0 Å². The number of benzene rings is 1.